The quantitative estimate of drug-likeness (QED) is 0.765. The number of rotatable bonds is 6. The highest BCUT2D eigenvalue weighted by molar-refractivity contribution is 6.22. The van der Waals surface area contributed by atoms with Crippen LogP contribution >= 0.6 is 0 Å². The van der Waals surface area contributed by atoms with Crippen LogP contribution in [-0.2, 0) is 9.59 Å². The molecule has 0 radical (unpaired) electrons. The normalized spacial score (nSPS) is 36.4. The van der Waals surface area contributed by atoms with E-state index in [1.165, 1.54) is 43.4 Å². The Morgan fingerprint density at radius 3 is 2.21 bits per heavy atom. The van der Waals surface area contributed by atoms with E-state index in [2.05, 4.69) is 5.32 Å². The maximum Gasteiger partial charge on any atom is 0.251 e. The fourth-order valence-corrected chi connectivity index (χ4v) is 6.77. The summed E-state index contributed by atoms with van der Waals surface area (Å²) in [7, 11) is 0. The van der Waals surface area contributed by atoms with Gasteiger partial charge >= 0.3 is 0 Å². The van der Waals surface area contributed by atoms with E-state index in [-0.39, 0.29) is 24.3 Å². The molecule has 4 saturated carbocycles. The van der Waals surface area contributed by atoms with E-state index in [0.717, 1.165) is 30.0 Å². The summed E-state index contributed by atoms with van der Waals surface area (Å²) < 4.78 is 5.45. The SMILES string of the molecule is CCOc1ccc(N2C(=O)CC(NCC34CC5CC(CC(C5)C3)C4)C2=O)cc1. The van der Waals surface area contributed by atoms with Crippen LogP contribution in [-0.4, -0.2) is 31.0 Å². The Labute approximate surface area is 166 Å². The maximum absolute atomic E-state index is 13.0. The van der Waals surface area contributed by atoms with Crippen molar-refractivity contribution in [3.8, 4) is 5.75 Å². The van der Waals surface area contributed by atoms with Crippen LogP contribution in [0.5, 0.6) is 5.75 Å². The van der Waals surface area contributed by atoms with Crippen molar-refractivity contribution in [2.45, 2.75) is 57.9 Å². The van der Waals surface area contributed by atoms with Crippen LogP contribution in [0.2, 0.25) is 0 Å². The van der Waals surface area contributed by atoms with E-state index in [0.29, 0.717) is 17.7 Å². The summed E-state index contributed by atoms with van der Waals surface area (Å²) >= 11 is 0. The Hall–Kier alpha value is -1.88. The molecule has 1 saturated heterocycles. The van der Waals surface area contributed by atoms with Gasteiger partial charge in [0.1, 0.15) is 5.75 Å². The summed E-state index contributed by atoms with van der Waals surface area (Å²) in [6.07, 6.45) is 8.46. The van der Waals surface area contributed by atoms with Gasteiger partial charge < -0.3 is 10.1 Å². The van der Waals surface area contributed by atoms with Crippen LogP contribution < -0.4 is 15.0 Å². The lowest BCUT2D eigenvalue weighted by atomic mass is 9.49. The van der Waals surface area contributed by atoms with Crippen molar-refractivity contribution < 1.29 is 14.3 Å². The van der Waals surface area contributed by atoms with Crippen LogP contribution in [0.25, 0.3) is 0 Å². The third-order valence-corrected chi connectivity index (χ3v) is 7.44. The third kappa shape index (κ3) is 3.14. The summed E-state index contributed by atoms with van der Waals surface area (Å²) in [5, 5.41) is 3.51. The highest BCUT2D eigenvalue weighted by Gasteiger charge is 2.51. The zero-order valence-corrected chi connectivity index (χ0v) is 16.7. The van der Waals surface area contributed by atoms with Gasteiger partial charge in [0, 0.05) is 6.54 Å². The summed E-state index contributed by atoms with van der Waals surface area (Å²) in [4.78, 5) is 26.9. The first-order valence-corrected chi connectivity index (χ1v) is 10.9. The molecule has 28 heavy (non-hydrogen) atoms. The molecule has 5 nitrogen and oxygen atoms in total. The molecule has 2 amide bonds. The Morgan fingerprint density at radius 1 is 1.04 bits per heavy atom. The van der Waals surface area contributed by atoms with Gasteiger partial charge in [0.05, 0.1) is 24.8 Å². The first kappa shape index (κ1) is 18.2. The van der Waals surface area contributed by atoms with Crippen LogP contribution in [0.15, 0.2) is 24.3 Å². The van der Waals surface area contributed by atoms with E-state index in [9.17, 15) is 9.59 Å². The standard InChI is InChI=1S/C23H30N2O3/c1-2-28-19-5-3-18(4-6-19)25-21(26)10-20(22(25)27)24-14-23-11-15-7-16(12-23)9-17(8-15)13-23/h3-6,15-17,20,24H,2,7-14H2,1H3. The van der Waals surface area contributed by atoms with Gasteiger partial charge in [-0.15, -0.1) is 0 Å². The second-order valence-corrected chi connectivity index (χ2v) is 9.55. The minimum Gasteiger partial charge on any atom is -0.494 e. The van der Waals surface area contributed by atoms with E-state index in [1.807, 2.05) is 19.1 Å². The number of imide groups is 1. The molecule has 1 aromatic rings. The van der Waals surface area contributed by atoms with Crippen LogP contribution in [0, 0.1) is 23.2 Å². The summed E-state index contributed by atoms with van der Waals surface area (Å²) in [5.74, 6) is 3.22. The molecule has 1 heterocycles. The Bertz CT molecular complexity index is 737. The molecular weight excluding hydrogens is 352 g/mol. The van der Waals surface area contributed by atoms with Crippen molar-refractivity contribution in [2.24, 2.45) is 23.2 Å². The molecular formula is C23H30N2O3. The molecule has 1 aliphatic heterocycles. The average Bonchev–Trinajstić information content (AvgIpc) is 2.94. The van der Waals surface area contributed by atoms with E-state index in [1.54, 1.807) is 12.1 Å². The summed E-state index contributed by atoms with van der Waals surface area (Å²) in [6.45, 7) is 3.41. The largest absolute Gasteiger partial charge is 0.494 e. The molecule has 5 heteroatoms. The Morgan fingerprint density at radius 2 is 1.64 bits per heavy atom. The van der Waals surface area contributed by atoms with Gasteiger partial charge in [-0.3, -0.25) is 9.59 Å². The molecule has 5 fully saturated rings. The molecule has 4 aliphatic carbocycles. The predicted octanol–water partition coefficient (Wildman–Crippen LogP) is 3.52. The van der Waals surface area contributed by atoms with E-state index in [4.69, 9.17) is 4.74 Å². The lowest BCUT2D eigenvalue weighted by Crippen LogP contribution is -2.52. The Balaban J connectivity index is 1.25. The lowest BCUT2D eigenvalue weighted by molar-refractivity contribution is -0.121. The summed E-state index contributed by atoms with van der Waals surface area (Å²) in [5.41, 5.74) is 1.00. The zero-order valence-electron chi connectivity index (χ0n) is 16.7. The number of hydrogen-bond acceptors (Lipinski definition) is 4. The number of amides is 2. The average molecular weight is 383 g/mol. The first-order chi connectivity index (χ1) is 13.5. The number of nitrogens with one attached hydrogen (secondary N) is 1. The van der Waals surface area contributed by atoms with Gasteiger partial charge in [-0.1, -0.05) is 0 Å². The van der Waals surface area contributed by atoms with Gasteiger partial charge in [-0.05, 0) is 92.9 Å². The molecule has 150 valence electrons. The molecule has 6 rings (SSSR count). The fraction of sp³-hybridized carbons (Fsp3) is 0.652. The Kier molecular flexibility index (Phi) is 4.46. The van der Waals surface area contributed by atoms with Gasteiger partial charge in [0.25, 0.3) is 5.91 Å². The highest BCUT2D eigenvalue weighted by atomic mass is 16.5. The number of hydrogen-bond donors (Lipinski definition) is 1. The van der Waals surface area contributed by atoms with Crippen molar-refractivity contribution in [3.63, 3.8) is 0 Å². The molecule has 1 unspecified atom stereocenters. The molecule has 5 aliphatic rings. The number of carbonyl (C=O) groups is 2. The number of anilines is 1. The zero-order chi connectivity index (χ0) is 19.3. The number of benzene rings is 1. The minimum absolute atomic E-state index is 0.112. The highest BCUT2D eigenvalue weighted by Crippen LogP contribution is 2.59. The second-order valence-electron chi connectivity index (χ2n) is 9.55. The molecule has 1 aromatic carbocycles. The minimum atomic E-state index is -0.382. The number of ether oxygens (including phenoxy) is 1. The molecule has 4 bridgehead atoms. The molecule has 0 spiro atoms. The number of carbonyl (C=O) groups excluding carboxylic acids is 2. The second kappa shape index (κ2) is 6.87. The third-order valence-electron chi connectivity index (χ3n) is 7.44. The van der Waals surface area contributed by atoms with Crippen LogP contribution in [0.1, 0.15) is 51.9 Å². The van der Waals surface area contributed by atoms with Crippen LogP contribution in [0.4, 0.5) is 5.69 Å². The molecule has 1 atom stereocenters. The van der Waals surface area contributed by atoms with Gasteiger partial charge in [0.2, 0.25) is 5.91 Å². The van der Waals surface area contributed by atoms with Gasteiger partial charge in [-0.25, -0.2) is 4.90 Å². The molecule has 1 N–H and O–H groups in total. The van der Waals surface area contributed by atoms with Crippen molar-refractivity contribution in [2.75, 3.05) is 18.1 Å². The van der Waals surface area contributed by atoms with Crippen molar-refractivity contribution in [3.05, 3.63) is 24.3 Å². The lowest BCUT2D eigenvalue weighted by Gasteiger charge is -2.57. The topological polar surface area (TPSA) is 58.6 Å². The maximum atomic E-state index is 13.0. The van der Waals surface area contributed by atoms with E-state index >= 15 is 0 Å². The van der Waals surface area contributed by atoms with Crippen LogP contribution in [0.3, 0.4) is 0 Å². The van der Waals surface area contributed by atoms with Crippen molar-refractivity contribution in [1.82, 2.24) is 5.32 Å². The number of nitrogens with zero attached hydrogens (tertiary/aromatic N) is 1. The van der Waals surface area contributed by atoms with Crippen molar-refractivity contribution >= 4 is 17.5 Å². The fourth-order valence-electron chi connectivity index (χ4n) is 6.77. The van der Waals surface area contributed by atoms with Gasteiger partial charge in [-0.2, -0.15) is 0 Å². The van der Waals surface area contributed by atoms with E-state index < -0.39 is 0 Å². The predicted molar refractivity (Wildman–Crippen MR) is 107 cm³/mol. The monoisotopic (exact) mass is 382 g/mol. The smallest absolute Gasteiger partial charge is 0.251 e. The van der Waals surface area contributed by atoms with Gasteiger partial charge in [0.15, 0.2) is 0 Å². The summed E-state index contributed by atoms with van der Waals surface area (Å²) in [6, 6.07) is 6.84. The van der Waals surface area contributed by atoms with Crippen molar-refractivity contribution in [1.29, 1.82) is 0 Å². The first-order valence-electron chi connectivity index (χ1n) is 10.9. The molecule has 0 aromatic heterocycles.